The van der Waals surface area contributed by atoms with Gasteiger partial charge in [-0.3, -0.25) is 0 Å². The van der Waals surface area contributed by atoms with E-state index in [0.29, 0.717) is 35.5 Å². The van der Waals surface area contributed by atoms with Gasteiger partial charge in [0.2, 0.25) is 0 Å². The molecule has 0 radical (unpaired) electrons. The standard InChI is InChI=1S/C33H49P.C33H48P.Pd/c2*1-23(2)26-21-30(24(3)4)33(31(22-26)25(5)6)29-19-13-14-20-32(29)34(27-15-9-7-10-16-27)28-17-11-8-12-18-28;/h13-14,19-25,27-28H,7-12,15-18H2,1-6H3;14,19-25,27-28H,7-12,15-18H2,1-6H3;. The third kappa shape index (κ3) is 13.6. The van der Waals surface area contributed by atoms with Gasteiger partial charge in [-0.15, -0.1) is 0 Å². The summed E-state index contributed by atoms with van der Waals surface area (Å²) in [6.07, 6.45) is 29.1. The van der Waals surface area contributed by atoms with E-state index in [2.05, 4.69) is 169 Å². The van der Waals surface area contributed by atoms with Crippen LogP contribution in [0.3, 0.4) is 0 Å². The SMILES string of the molecule is CC(C)c1cc(C(C)C)c(-c2c[c]([Pd])ccc2P(C2CCCCC2)C2CCCCC2)c(C(C)C)c1.CC(C)c1cc(C(C)C)c(-c2ccccc2P(C2CCCCC2)C2CCCCC2)c(C(C)C)c1. The van der Waals surface area contributed by atoms with Crippen molar-refractivity contribution in [2.75, 3.05) is 0 Å². The van der Waals surface area contributed by atoms with Gasteiger partial charge in [-0.25, -0.2) is 0 Å². The van der Waals surface area contributed by atoms with E-state index in [1.807, 2.05) is 0 Å². The van der Waals surface area contributed by atoms with Crippen molar-refractivity contribution in [1.82, 2.24) is 0 Å². The maximum Gasteiger partial charge on any atom is -0.0101 e. The second-order valence-corrected chi connectivity index (χ2v) is 30.6. The van der Waals surface area contributed by atoms with Gasteiger partial charge in [0.1, 0.15) is 0 Å². The Balaban J connectivity index is 0.000000204. The molecule has 4 fully saturated rings. The first-order valence-electron chi connectivity index (χ1n) is 28.9. The van der Waals surface area contributed by atoms with Gasteiger partial charge in [0.15, 0.2) is 0 Å². The van der Waals surface area contributed by atoms with Crippen LogP contribution in [0.5, 0.6) is 0 Å². The molecule has 0 aliphatic heterocycles. The van der Waals surface area contributed by atoms with Gasteiger partial charge < -0.3 is 0 Å². The zero-order valence-corrected chi connectivity index (χ0v) is 49.3. The Morgan fingerprint density at radius 2 is 0.652 bits per heavy atom. The maximum atomic E-state index is 3.58. The van der Waals surface area contributed by atoms with Crippen LogP contribution in [-0.4, -0.2) is 22.6 Å². The van der Waals surface area contributed by atoms with E-state index in [0.717, 1.165) is 22.6 Å². The Labute approximate surface area is 438 Å². The van der Waals surface area contributed by atoms with Crippen molar-refractivity contribution in [2.45, 2.75) is 270 Å². The van der Waals surface area contributed by atoms with Crippen molar-refractivity contribution in [3.05, 3.63) is 100 Å². The molecular weight excluding hydrogens is 961 g/mol. The van der Waals surface area contributed by atoms with Crippen molar-refractivity contribution in [1.29, 1.82) is 0 Å². The molecule has 4 aromatic rings. The van der Waals surface area contributed by atoms with Crippen LogP contribution in [0.25, 0.3) is 22.3 Å². The van der Waals surface area contributed by atoms with Crippen LogP contribution in [0.1, 0.15) is 280 Å². The second-order valence-electron chi connectivity index (χ2n) is 24.2. The minimum Gasteiger partial charge on any atom is -0.0683 e. The molecule has 0 heterocycles. The van der Waals surface area contributed by atoms with E-state index < -0.39 is 0 Å². The zero-order valence-electron chi connectivity index (χ0n) is 46.0. The Morgan fingerprint density at radius 3 is 0.971 bits per heavy atom. The molecule has 381 valence electrons. The number of hydrogen-bond donors (Lipinski definition) is 0. The molecule has 0 spiro atoms. The van der Waals surface area contributed by atoms with Crippen molar-refractivity contribution in [3.8, 4) is 22.3 Å². The third-order valence-corrected chi connectivity index (χ3v) is 24.7. The van der Waals surface area contributed by atoms with E-state index in [1.165, 1.54) is 144 Å². The van der Waals surface area contributed by atoms with Gasteiger partial charge in [0.05, 0.1) is 0 Å². The Hall–Kier alpha value is -1.60. The fourth-order valence-electron chi connectivity index (χ4n) is 13.2. The van der Waals surface area contributed by atoms with Crippen LogP contribution >= 0.6 is 15.8 Å². The molecule has 0 bridgehead atoms. The van der Waals surface area contributed by atoms with E-state index in [9.17, 15) is 0 Å². The minimum atomic E-state index is -0.149. The molecule has 0 saturated heterocycles. The first-order valence-corrected chi connectivity index (χ1v) is 32.7. The molecular formula is C66H97P2Pd. The van der Waals surface area contributed by atoms with Crippen molar-refractivity contribution in [2.24, 2.45) is 0 Å². The molecule has 69 heavy (non-hydrogen) atoms. The molecule has 0 aromatic heterocycles. The fourth-order valence-corrected chi connectivity index (χ4v) is 21.4. The second kappa shape index (κ2) is 26.1. The molecule has 0 amide bonds. The molecule has 3 heteroatoms. The zero-order chi connectivity index (χ0) is 49.4. The summed E-state index contributed by atoms with van der Waals surface area (Å²) in [4.78, 5) is 0. The van der Waals surface area contributed by atoms with E-state index >= 15 is 0 Å². The first kappa shape index (κ1) is 55.2. The van der Waals surface area contributed by atoms with E-state index in [4.69, 9.17) is 0 Å². The molecule has 4 aromatic carbocycles. The molecule has 0 unspecified atom stereocenters. The monoisotopic (exact) mass is 1060 g/mol. The molecule has 0 N–H and O–H groups in total. The summed E-state index contributed by atoms with van der Waals surface area (Å²) in [5.74, 6) is 3.24. The Kier molecular flexibility index (Phi) is 20.8. The Bertz CT molecular complexity index is 2120. The fraction of sp³-hybridized carbons (Fsp3) is 0.636. The molecule has 0 nitrogen and oxygen atoms in total. The molecule has 8 rings (SSSR count). The van der Waals surface area contributed by atoms with Crippen LogP contribution in [0.15, 0.2) is 66.7 Å². The van der Waals surface area contributed by atoms with Gasteiger partial charge in [-0.1, -0.05) is 124 Å². The summed E-state index contributed by atoms with van der Waals surface area (Å²) >= 11 is 3.58. The largest absolute Gasteiger partial charge is 0.0683 e. The summed E-state index contributed by atoms with van der Waals surface area (Å²) in [6, 6.07) is 27.4. The summed E-state index contributed by atoms with van der Waals surface area (Å²) in [6.45, 7) is 28.6. The Morgan fingerprint density at radius 1 is 0.348 bits per heavy atom. The van der Waals surface area contributed by atoms with Crippen LogP contribution in [0.2, 0.25) is 0 Å². The minimum absolute atomic E-state index is 0.120. The summed E-state index contributed by atoms with van der Waals surface area (Å²) in [7, 11) is -0.269. The summed E-state index contributed by atoms with van der Waals surface area (Å²) < 4.78 is 1.27. The average molecular weight is 1060 g/mol. The van der Waals surface area contributed by atoms with Gasteiger partial charge in [0, 0.05) is 0 Å². The van der Waals surface area contributed by atoms with Crippen molar-refractivity contribution < 1.29 is 19.2 Å². The first-order chi connectivity index (χ1) is 33.2. The third-order valence-electron chi connectivity index (χ3n) is 17.1. The van der Waals surface area contributed by atoms with Crippen LogP contribution in [0, 0.1) is 0 Å². The predicted octanol–water partition coefficient (Wildman–Crippen LogP) is 20.2. The van der Waals surface area contributed by atoms with Gasteiger partial charge in [0.25, 0.3) is 0 Å². The van der Waals surface area contributed by atoms with Crippen molar-refractivity contribution >= 4 is 30.5 Å². The number of benzene rings is 4. The van der Waals surface area contributed by atoms with Gasteiger partial charge >= 0.3 is 229 Å². The molecule has 4 aliphatic carbocycles. The van der Waals surface area contributed by atoms with Crippen molar-refractivity contribution in [3.63, 3.8) is 0 Å². The predicted molar refractivity (Wildman–Crippen MR) is 309 cm³/mol. The number of rotatable bonds is 14. The van der Waals surface area contributed by atoms with E-state index in [1.54, 1.807) is 55.1 Å². The van der Waals surface area contributed by atoms with Crippen LogP contribution < -0.4 is 14.6 Å². The van der Waals surface area contributed by atoms with Crippen LogP contribution in [-0.2, 0) is 19.2 Å². The van der Waals surface area contributed by atoms with Gasteiger partial charge in [-0.05, 0) is 87.9 Å². The van der Waals surface area contributed by atoms with E-state index in [-0.39, 0.29) is 15.8 Å². The number of hydrogen-bond acceptors (Lipinski definition) is 0. The molecule has 0 atom stereocenters. The quantitative estimate of drug-likeness (QED) is 0.0872. The van der Waals surface area contributed by atoms with Gasteiger partial charge in [-0.2, -0.15) is 0 Å². The average Bonchev–Trinajstić information content (AvgIpc) is 3.35. The normalized spacial score (nSPS) is 18.5. The molecule has 4 saturated carbocycles. The summed E-state index contributed by atoms with van der Waals surface area (Å²) in [5, 5.41) is 3.48. The summed E-state index contributed by atoms with van der Waals surface area (Å²) in [5.41, 5.74) is 19.3. The topological polar surface area (TPSA) is 0 Å². The smallest absolute Gasteiger partial charge is 0.0101 e. The van der Waals surface area contributed by atoms with Crippen LogP contribution in [0.4, 0.5) is 0 Å². The maximum absolute atomic E-state index is 3.58. The molecule has 4 aliphatic rings.